The zero-order chi connectivity index (χ0) is 44.3. The normalized spacial score (nSPS) is 15.1. The molecule has 9 heteroatoms. The Bertz CT molecular complexity index is 1290. The highest BCUT2D eigenvalue weighted by atomic mass is 31.2. The Morgan fingerprint density at radius 1 is 0.583 bits per heavy atom. The lowest BCUT2D eigenvalue weighted by atomic mass is 10.0. The number of allylic oxidation sites excluding steroid dienone is 16. The molecule has 3 atom stereocenters. The topological polar surface area (TPSA) is 105 Å². The zero-order valence-corrected chi connectivity index (χ0v) is 39.8. The van der Waals surface area contributed by atoms with Crippen molar-refractivity contribution in [3.63, 3.8) is 0 Å². The van der Waals surface area contributed by atoms with Crippen molar-refractivity contribution in [2.24, 2.45) is 0 Å². The van der Waals surface area contributed by atoms with E-state index in [4.69, 9.17) is 9.05 Å². The first-order valence-corrected chi connectivity index (χ1v) is 25.1. The van der Waals surface area contributed by atoms with Gasteiger partial charge in [-0.1, -0.05) is 182 Å². The van der Waals surface area contributed by atoms with Crippen molar-refractivity contribution in [1.29, 1.82) is 0 Å². The van der Waals surface area contributed by atoms with Crippen LogP contribution in [-0.4, -0.2) is 73.4 Å². The van der Waals surface area contributed by atoms with Gasteiger partial charge < -0.3 is 19.8 Å². The predicted molar refractivity (Wildman–Crippen MR) is 258 cm³/mol. The van der Waals surface area contributed by atoms with Gasteiger partial charge in [0.2, 0.25) is 5.91 Å². The van der Waals surface area contributed by atoms with E-state index in [0.717, 1.165) is 96.3 Å². The highest BCUT2D eigenvalue weighted by molar-refractivity contribution is 7.47. The number of hydrogen-bond donors (Lipinski definition) is 3. The second-order valence-corrected chi connectivity index (χ2v) is 18.2. The Balaban J connectivity index is 3.88. The quantitative estimate of drug-likeness (QED) is 0.0245. The van der Waals surface area contributed by atoms with Gasteiger partial charge in [0.05, 0.1) is 39.9 Å². The van der Waals surface area contributed by atoms with Crippen LogP contribution in [0.1, 0.15) is 168 Å². The second-order valence-electron chi connectivity index (χ2n) is 16.8. The van der Waals surface area contributed by atoms with Gasteiger partial charge in [-0.25, -0.2) is 4.57 Å². The monoisotopic (exact) mass is 858 g/mol. The Kier molecular flexibility index (Phi) is 40.0. The number of rotatable bonds is 41. The summed E-state index contributed by atoms with van der Waals surface area (Å²) in [6, 6.07) is -0.764. The number of aliphatic hydroxyl groups is 1. The first-order valence-electron chi connectivity index (χ1n) is 23.6. The third-order valence-corrected chi connectivity index (χ3v) is 10.8. The number of nitrogens with zero attached hydrogens (tertiary/aromatic N) is 1. The number of phosphoric ester groups is 1. The van der Waals surface area contributed by atoms with Gasteiger partial charge in [0, 0.05) is 6.42 Å². The molecule has 0 spiro atoms. The Hall–Kier alpha value is -2.58. The molecule has 0 radical (unpaired) electrons. The molecule has 0 bridgehead atoms. The summed E-state index contributed by atoms with van der Waals surface area (Å²) in [5, 5.41) is 13.6. The summed E-state index contributed by atoms with van der Waals surface area (Å²) in [4.78, 5) is 22.8. The van der Waals surface area contributed by atoms with E-state index < -0.39 is 20.0 Å². The van der Waals surface area contributed by atoms with E-state index in [1.165, 1.54) is 44.9 Å². The third kappa shape index (κ3) is 43.5. The van der Waals surface area contributed by atoms with Gasteiger partial charge in [-0.3, -0.25) is 13.8 Å². The maximum absolute atomic E-state index is 12.7. The summed E-state index contributed by atoms with van der Waals surface area (Å²) in [5.41, 5.74) is 0. The molecular weight excluding hydrogens is 768 g/mol. The van der Waals surface area contributed by atoms with E-state index in [2.05, 4.69) is 116 Å². The highest BCUT2D eigenvalue weighted by Gasteiger charge is 2.28. The van der Waals surface area contributed by atoms with Crippen molar-refractivity contribution < 1.29 is 32.9 Å². The standard InChI is InChI=1S/C51H89N2O6P/c1-6-8-10-11-12-13-14-15-16-17-18-19-20-21-22-23-24-25-26-27-28-29-30-31-32-33-34-35-36-37-38-39-40-41-43-45-51(55)52-49(50(54)44-42-9-7-2)48-59-60(56,57)58-47-46-53(3,4)5/h8,10,12-13,15-16,18-19,21-22,24-25,27-28,30-31,49-50,54H,6-7,9,11,14,17,20,23,26,29,32-48H2,1-5H3,(H-,52,55,56,57)/p+1/b10-8-,13-12-,16-15-,19-18-,22-21-,25-24-,28-27-,31-30-. The van der Waals surface area contributed by atoms with Crippen LogP contribution in [-0.2, 0) is 18.4 Å². The summed E-state index contributed by atoms with van der Waals surface area (Å²) in [7, 11) is 1.59. The number of aliphatic hydroxyl groups excluding tert-OH is 1. The largest absolute Gasteiger partial charge is 0.472 e. The van der Waals surface area contributed by atoms with Crippen LogP contribution in [0, 0.1) is 0 Å². The van der Waals surface area contributed by atoms with E-state index >= 15 is 0 Å². The van der Waals surface area contributed by atoms with Crippen LogP contribution >= 0.6 is 7.82 Å². The number of nitrogens with one attached hydrogen (secondary N) is 1. The van der Waals surface area contributed by atoms with Gasteiger partial charge in [-0.15, -0.1) is 0 Å². The number of hydrogen-bond acceptors (Lipinski definition) is 5. The molecule has 0 heterocycles. The molecule has 0 aromatic rings. The average Bonchev–Trinajstić information content (AvgIpc) is 3.20. The number of unbranched alkanes of at least 4 members (excludes halogenated alkanes) is 12. The number of carbonyl (C=O) groups excluding carboxylic acids is 1. The highest BCUT2D eigenvalue weighted by Crippen LogP contribution is 2.43. The lowest BCUT2D eigenvalue weighted by Gasteiger charge is -2.26. The third-order valence-electron chi connectivity index (χ3n) is 9.85. The smallest absolute Gasteiger partial charge is 0.391 e. The molecular formula is C51H90N2O6P+. The van der Waals surface area contributed by atoms with Gasteiger partial charge in [-0.2, -0.15) is 0 Å². The Morgan fingerprint density at radius 3 is 1.43 bits per heavy atom. The fourth-order valence-corrected chi connectivity index (χ4v) is 6.85. The van der Waals surface area contributed by atoms with Gasteiger partial charge >= 0.3 is 7.82 Å². The van der Waals surface area contributed by atoms with Crippen molar-refractivity contribution in [2.45, 2.75) is 180 Å². The minimum absolute atomic E-state index is 0.0674. The second kappa shape index (κ2) is 41.8. The van der Waals surface area contributed by atoms with Crippen molar-refractivity contribution in [2.75, 3.05) is 40.9 Å². The van der Waals surface area contributed by atoms with E-state index in [9.17, 15) is 19.4 Å². The average molecular weight is 858 g/mol. The number of quaternary nitrogens is 1. The summed E-state index contributed by atoms with van der Waals surface area (Å²) >= 11 is 0. The van der Waals surface area contributed by atoms with Crippen LogP contribution in [0.3, 0.4) is 0 Å². The molecule has 0 rings (SSSR count). The van der Waals surface area contributed by atoms with E-state index in [0.29, 0.717) is 23.9 Å². The lowest BCUT2D eigenvalue weighted by Crippen LogP contribution is -2.46. The number of phosphoric acid groups is 1. The van der Waals surface area contributed by atoms with Gasteiger partial charge in [-0.05, 0) is 77.0 Å². The molecule has 0 aliphatic carbocycles. The maximum atomic E-state index is 12.7. The molecule has 0 aliphatic rings. The maximum Gasteiger partial charge on any atom is 0.472 e. The lowest BCUT2D eigenvalue weighted by molar-refractivity contribution is -0.870. The van der Waals surface area contributed by atoms with Crippen LogP contribution in [0.15, 0.2) is 97.2 Å². The fourth-order valence-electron chi connectivity index (χ4n) is 6.12. The van der Waals surface area contributed by atoms with Gasteiger partial charge in [0.1, 0.15) is 13.2 Å². The molecule has 0 fully saturated rings. The van der Waals surface area contributed by atoms with E-state index in [-0.39, 0.29) is 19.1 Å². The molecule has 0 aromatic carbocycles. The summed E-state index contributed by atoms with van der Waals surface area (Å²) in [5.74, 6) is -0.167. The molecule has 0 aromatic heterocycles. The van der Waals surface area contributed by atoms with Crippen molar-refractivity contribution >= 4 is 13.7 Å². The fraction of sp³-hybridized carbons (Fsp3) is 0.667. The van der Waals surface area contributed by atoms with Gasteiger partial charge in [0.25, 0.3) is 0 Å². The number of carbonyl (C=O) groups is 1. The summed E-state index contributed by atoms with van der Waals surface area (Å²) in [6.45, 7) is 4.58. The first kappa shape index (κ1) is 57.4. The van der Waals surface area contributed by atoms with E-state index in [1.54, 1.807) is 0 Å². The number of amides is 1. The van der Waals surface area contributed by atoms with Crippen molar-refractivity contribution in [1.82, 2.24) is 5.32 Å². The minimum Gasteiger partial charge on any atom is -0.391 e. The molecule has 8 nitrogen and oxygen atoms in total. The Morgan fingerprint density at radius 2 is 1.00 bits per heavy atom. The van der Waals surface area contributed by atoms with Crippen LogP contribution < -0.4 is 5.32 Å². The van der Waals surface area contributed by atoms with E-state index in [1.807, 2.05) is 21.1 Å². The van der Waals surface area contributed by atoms with Crippen LogP contribution in [0.4, 0.5) is 0 Å². The number of likely N-dealkylation sites (N-methyl/N-ethyl adjacent to an activating group) is 1. The minimum atomic E-state index is -4.30. The first-order chi connectivity index (χ1) is 29.0. The molecule has 0 aliphatic heterocycles. The molecule has 3 unspecified atom stereocenters. The van der Waals surface area contributed by atoms with Crippen molar-refractivity contribution in [3.05, 3.63) is 97.2 Å². The molecule has 60 heavy (non-hydrogen) atoms. The Labute approximate surface area is 369 Å². The molecule has 344 valence electrons. The zero-order valence-electron chi connectivity index (χ0n) is 38.9. The van der Waals surface area contributed by atoms with Gasteiger partial charge in [0.15, 0.2) is 0 Å². The molecule has 0 saturated carbocycles. The van der Waals surface area contributed by atoms with Crippen molar-refractivity contribution in [3.8, 4) is 0 Å². The summed E-state index contributed by atoms with van der Waals surface area (Å²) in [6.07, 6.45) is 59.7. The molecule has 0 saturated heterocycles. The SMILES string of the molecule is CC/C=C\C/C=C\C/C=C\C/C=C\C/C=C\C/C=C\C/C=C\C/C=C\CCCCCCCCCCCCC(=O)NC(COP(=O)(O)OCC[N+](C)(C)C)C(O)CCCCC. The predicted octanol–water partition coefficient (Wildman–Crippen LogP) is 13.5. The van der Waals surface area contributed by atoms with Crippen LogP contribution in [0.2, 0.25) is 0 Å². The summed E-state index contributed by atoms with van der Waals surface area (Å²) < 4.78 is 23.3. The molecule has 1 amide bonds. The van der Waals surface area contributed by atoms with Crippen LogP contribution in [0.5, 0.6) is 0 Å². The molecule has 3 N–H and O–H groups in total. The van der Waals surface area contributed by atoms with Crippen LogP contribution in [0.25, 0.3) is 0 Å².